The number of halogens is 3. The Morgan fingerprint density at radius 3 is 2.50 bits per heavy atom. The van der Waals surface area contributed by atoms with Crippen molar-refractivity contribution in [1.82, 2.24) is 5.32 Å². The number of carbonyl (C=O) groups is 2. The van der Waals surface area contributed by atoms with E-state index in [0.717, 1.165) is 11.3 Å². The first-order valence-corrected chi connectivity index (χ1v) is 11.6. The maximum absolute atomic E-state index is 13.5. The van der Waals surface area contributed by atoms with E-state index in [2.05, 4.69) is 5.32 Å². The van der Waals surface area contributed by atoms with E-state index in [4.69, 9.17) is 39.5 Å². The molecule has 0 aromatic heterocycles. The van der Waals surface area contributed by atoms with Crippen molar-refractivity contribution in [2.24, 2.45) is 0 Å². The standard InChI is InChI=1S/C25H22Cl3NO3/c1-3-32-25(31)21-13(2)29-19-11-15(14-7-9-16(26)10-8-14)12-20(30)23(19)22(21)17-5-4-6-18(27)24(17)28/h4-10,15,22,29H,3,11-12H2,1-2H3. The summed E-state index contributed by atoms with van der Waals surface area (Å²) in [5.41, 5.74) is 4.04. The van der Waals surface area contributed by atoms with Crippen LogP contribution in [0, 0.1) is 0 Å². The highest BCUT2D eigenvalue weighted by molar-refractivity contribution is 6.42. The van der Waals surface area contributed by atoms with E-state index in [1.807, 2.05) is 31.2 Å². The Balaban J connectivity index is 1.83. The molecule has 1 aliphatic heterocycles. The van der Waals surface area contributed by atoms with E-state index in [9.17, 15) is 9.59 Å². The van der Waals surface area contributed by atoms with Gasteiger partial charge in [-0.15, -0.1) is 0 Å². The summed E-state index contributed by atoms with van der Waals surface area (Å²) >= 11 is 18.9. The molecule has 1 aliphatic carbocycles. The van der Waals surface area contributed by atoms with E-state index in [1.165, 1.54) is 0 Å². The third-order valence-corrected chi connectivity index (χ3v) is 7.04. The fourth-order valence-corrected chi connectivity index (χ4v) is 5.09. The number of rotatable bonds is 4. The second-order valence-corrected chi connectivity index (χ2v) is 9.15. The van der Waals surface area contributed by atoms with Crippen molar-refractivity contribution in [3.8, 4) is 0 Å². The molecule has 2 aliphatic rings. The van der Waals surface area contributed by atoms with Crippen molar-refractivity contribution in [2.75, 3.05) is 6.61 Å². The largest absolute Gasteiger partial charge is 0.463 e. The fraction of sp³-hybridized carbons (Fsp3) is 0.280. The minimum Gasteiger partial charge on any atom is -0.463 e. The van der Waals surface area contributed by atoms with E-state index >= 15 is 0 Å². The Bertz CT molecular complexity index is 1150. The lowest BCUT2D eigenvalue weighted by molar-refractivity contribution is -0.138. The Kier molecular flexibility index (Phi) is 6.66. The summed E-state index contributed by atoms with van der Waals surface area (Å²) in [4.78, 5) is 26.5. The Morgan fingerprint density at radius 2 is 1.81 bits per heavy atom. The highest BCUT2D eigenvalue weighted by atomic mass is 35.5. The molecule has 0 radical (unpaired) electrons. The molecule has 2 aromatic rings. The smallest absolute Gasteiger partial charge is 0.336 e. The molecule has 2 unspecified atom stereocenters. The number of esters is 1. The normalized spacial score (nSPS) is 20.7. The number of hydrogen-bond acceptors (Lipinski definition) is 4. The van der Waals surface area contributed by atoms with Crippen molar-refractivity contribution in [3.63, 3.8) is 0 Å². The van der Waals surface area contributed by atoms with Crippen LogP contribution in [-0.2, 0) is 14.3 Å². The van der Waals surface area contributed by atoms with E-state index in [0.29, 0.717) is 50.3 Å². The molecule has 2 aromatic carbocycles. The van der Waals surface area contributed by atoms with E-state index in [-0.39, 0.29) is 18.3 Å². The van der Waals surface area contributed by atoms with Gasteiger partial charge in [0, 0.05) is 34.3 Å². The third kappa shape index (κ3) is 4.19. The average Bonchev–Trinajstić information content (AvgIpc) is 2.75. The van der Waals surface area contributed by atoms with Gasteiger partial charge in [0.2, 0.25) is 0 Å². The average molecular weight is 491 g/mol. The molecule has 1 heterocycles. The van der Waals surface area contributed by atoms with Gasteiger partial charge in [0.25, 0.3) is 0 Å². The highest BCUT2D eigenvalue weighted by Crippen LogP contribution is 2.48. The van der Waals surface area contributed by atoms with Crippen LogP contribution in [0.3, 0.4) is 0 Å². The predicted molar refractivity (Wildman–Crippen MR) is 127 cm³/mol. The summed E-state index contributed by atoms with van der Waals surface area (Å²) in [6, 6.07) is 12.8. The molecular weight excluding hydrogens is 469 g/mol. The topological polar surface area (TPSA) is 55.4 Å². The number of benzene rings is 2. The molecule has 0 bridgehead atoms. The van der Waals surface area contributed by atoms with Gasteiger partial charge in [-0.05, 0) is 55.5 Å². The number of allylic oxidation sites excluding steroid dienone is 3. The first-order chi connectivity index (χ1) is 15.3. The van der Waals surface area contributed by atoms with Crippen LogP contribution < -0.4 is 5.32 Å². The maximum atomic E-state index is 13.5. The Labute approximate surface area is 202 Å². The van der Waals surface area contributed by atoms with Gasteiger partial charge >= 0.3 is 5.97 Å². The van der Waals surface area contributed by atoms with Crippen LogP contribution in [0.25, 0.3) is 0 Å². The van der Waals surface area contributed by atoms with Crippen molar-refractivity contribution >= 4 is 46.6 Å². The summed E-state index contributed by atoms with van der Waals surface area (Å²) in [5.74, 6) is -1.14. The second-order valence-electron chi connectivity index (χ2n) is 7.93. The molecule has 2 atom stereocenters. The summed E-state index contributed by atoms with van der Waals surface area (Å²) < 4.78 is 5.33. The van der Waals surface area contributed by atoms with Gasteiger partial charge in [0.15, 0.2) is 5.78 Å². The van der Waals surface area contributed by atoms with Gasteiger partial charge in [-0.3, -0.25) is 4.79 Å². The molecule has 32 heavy (non-hydrogen) atoms. The fourth-order valence-electron chi connectivity index (χ4n) is 4.54. The molecule has 0 saturated carbocycles. The number of ether oxygens (including phenoxy) is 1. The summed E-state index contributed by atoms with van der Waals surface area (Å²) in [5, 5.41) is 4.67. The number of ketones is 1. The molecule has 1 N–H and O–H groups in total. The third-order valence-electron chi connectivity index (χ3n) is 5.96. The Morgan fingerprint density at radius 1 is 1.09 bits per heavy atom. The van der Waals surface area contributed by atoms with Gasteiger partial charge < -0.3 is 10.1 Å². The molecule has 7 heteroatoms. The van der Waals surface area contributed by atoms with Crippen LogP contribution in [0.2, 0.25) is 15.1 Å². The SMILES string of the molecule is CCOC(=O)C1=C(C)NC2=C(C(=O)CC(c3ccc(Cl)cc3)C2)C1c1cccc(Cl)c1Cl. The zero-order chi connectivity index (χ0) is 23.0. The molecule has 0 spiro atoms. The molecule has 166 valence electrons. The molecule has 0 amide bonds. The lowest BCUT2D eigenvalue weighted by atomic mass is 9.71. The molecule has 0 saturated heterocycles. The number of nitrogens with one attached hydrogen (secondary N) is 1. The number of Topliss-reactive ketones (excluding diaryl/α,β-unsaturated/α-hetero) is 1. The zero-order valence-electron chi connectivity index (χ0n) is 17.7. The highest BCUT2D eigenvalue weighted by Gasteiger charge is 2.42. The molecule has 0 fully saturated rings. The van der Waals surface area contributed by atoms with Crippen molar-refractivity contribution in [1.29, 1.82) is 0 Å². The second kappa shape index (κ2) is 9.30. The van der Waals surface area contributed by atoms with Gasteiger partial charge in [-0.2, -0.15) is 0 Å². The van der Waals surface area contributed by atoms with Gasteiger partial charge in [0.05, 0.1) is 22.2 Å². The number of hydrogen-bond donors (Lipinski definition) is 1. The van der Waals surface area contributed by atoms with E-state index < -0.39 is 11.9 Å². The minimum absolute atomic E-state index is 0.0124. The lowest BCUT2D eigenvalue weighted by Gasteiger charge is -2.37. The Hall–Kier alpha value is -2.27. The van der Waals surface area contributed by atoms with Gasteiger partial charge in [-0.1, -0.05) is 59.1 Å². The molecule has 4 rings (SSSR count). The summed E-state index contributed by atoms with van der Waals surface area (Å²) in [7, 11) is 0. The van der Waals surface area contributed by atoms with Crippen molar-refractivity contribution in [3.05, 3.63) is 91.2 Å². The lowest BCUT2D eigenvalue weighted by Crippen LogP contribution is -2.36. The minimum atomic E-state index is -0.643. The summed E-state index contributed by atoms with van der Waals surface area (Å²) in [6.07, 6.45) is 0.955. The van der Waals surface area contributed by atoms with Crippen molar-refractivity contribution in [2.45, 2.75) is 38.5 Å². The first kappa shape index (κ1) is 22.9. The monoisotopic (exact) mass is 489 g/mol. The van der Waals surface area contributed by atoms with Crippen LogP contribution in [0.1, 0.15) is 49.7 Å². The first-order valence-electron chi connectivity index (χ1n) is 10.4. The van der Waals surface area contributed by atoms with Crippen LogP contribution in [-0.4, -0.2) is 18.4 Å². The van der Waals surface area contributed by atoms with E-state index in [1.54, 1.807) is 25.1 Å². The van der Waals surface area contributed by atoms with Crippen LogP contribution >= 0.6 is 34.8 Å². The van der Waals surface area contributed by atoms with Crippen LogP contribution in [0.15, 0.2) is 65.0 Å². The maximum Gasteiger partial charge on any atom is 0.336 e. The number of dihydropyridines is 1. The predicted octanol–water partition coefficient (Wildman–Crippen LogP) is 6.57. The summed E-state index contributed by atoms with van der Waals surface area (Å²) in [6.45, 7) is 3.79. The van der Waals surface area contributed by atoms with Crippen LogP contribution in [0.4, 0.5) is 0 Å². The zero-order valence-corrected chi connectivity index (χ0v) is 19.9. The van der Waals surface area contributed by atoms with Crippen LogP contribution in [0.5, 0.6) is 0 Å². The molecular formula is C25H22Cl3NO3. The number of carbonyl (C=O) groups excluding carboxylic acids is 2. The van der Waals surface area contributed by atoms with Gasteiger partial charge in [0.1, 0.15) is 0 Å². The molecule has 4 nitrogen and oxygen atoms in total. The van der Waals surface area contributed by atoms with Crippen molar-refractivity contribution < 1.29 is 14.3 Å². The quantitative estimate of drug-likeness (QED) is 0.492. The van der Waals surface area contributed by atoms with Gasteiger partial charge in [-0.25, -0.2) is 4.79 Å².